The predicted octanol–water partition coefficient (Wildman–Crippen LogP) is 2.08. The van der Waals surface area contributed by atoms with Crippen molar-refractivity contribution in [1.29, 1.82) is 5.26 Å². The van der Waals surface area contributed by atoms with Gasteiger partial charge in [0, 0.05) is 13.2 Å². The summed E-state index contributed by atoms with van der Waals surface area (Å²) < 4.78 is 3.29. The Hall–Kier alpha value is -2.69. The van der Waals surface area contributed by atoms with E-state index in [0.717, 1.165) is 44.2 Å². The highest BCUT2D eigenvalue weighted by molar-refractivity contribution is 5.92. The first-order chi connectivity index (χ1) is 12.6. The lowest BCUT2D eigenvalue weighted by Gasteiger charge is -2.29. The Kier molecular flexibility index (Phi) is 4.23. The Balaban J connectivity index is 1.58. The van der Waals surface area contributed by atoms with Gasteiger partial charge in [-0.25, -0.2) is 4.68 Å². The van der Waals surface area contributed by atoms with Crippen molar-refractivity contribution in [2.24, 2.45) is 13.0 Å². The molecule has 2 aromatic rings. The first kappa shape index (κ1) is 16.8. The van der Waals surface area contributed by atoms with Gasteiger partial charge < -0.3 is 5.32 Å². The van der Waals surface area contributed by atoms with Crippen LogP contribution in [0.2, 0.25) is 0 Å². The van der Waals surface area contributed by atoms with Crippen LogP contribution in [0.1, 0.15) is 67.2 Å². The van der Waals surface area contributed by atoms with Crippen LogP contribution in [0.4, 0.5) is 0 Å². The van der Waals surface area contributed by atoms with E-state index in [-0.39, 0.29) is 11.9 Å². The molecule has 0 radical (unpaired) electrons. The zero-order chi connectivity index (χ0) is 18.1. The minimum atomic E-state index is -0.534. The molecular formula is C18H23N7O. The van der Waals surface area contributed by atoms with Crippen molar-refractivity contribution in [2.45, 2.75) is 56.5 Å². The normalized spacial score (nSPS) is 20.3. The van der Waals surface area contributed by atoms with Gasteiger partial charge in [-0.15, -0.1) is 5.10 Å². The lowest BCUT2D eigenvalue weighted by atomic mass is 9.82. The Morgan fingerprint density at radius 1 is 1.38 bits per heavy atom. The van der Waals surface area contributed by atoms with E-state index in [1.807, 2.05) is 6.20 Å². The number of hydrogen-bond donors (Lipinski definition) is 1. The van der Waals surface area contributed by atoms with Gasteiger partial charge in [0.2, 0.25) is 0 Å². The van der Waals surface area contributed by atoms with Crippen molar-refractivity contribution in [3.8, 4) is 6.07 Å². The minimum Gasteiger partial charge on any atom is -0.342 e. The van der Waals surface area contributed by atoms with Crippen molar-refractivity contribution in [3.63, 3.8) is 0 Å². The highest BCUT2D eigenvalue weighted by atomic mass is 16.2. The maximum absolute atomic E-state index is 12.7. The van der Waals surface area contributed by atoms with Gasteiger partial charge >= 0.3 is 0 Å². The summed E-state index contributed by atoms with van der Waals surface area (Å²) >= 11 is 0. The number of nitrogens with one attached hydrogen (secondary N) is 1. The van der Waals surface area contributed by atoms with Gasteiger partial charge in [-0.1, -0.05) is 24.5 Å². The zero-order valence-corrected chi connectivity index (χ0v) is 14.9. The molecule has 2 fully saturated rings. The molecule has 136 valence electrons. The Bertz CT molecular complexity index is 836. The molecule has 1 atom stereocenters. The number of hydrogen-bond acceptors (Lipinski definition) is 5. The summed E-state index contributed by atoms with van der Waals surface area (Å²) in [7, 11) is 1.79. The number of nitrogens with zero attached hydrogens (tertiary/aromatic N) is 6. The second kappa shape index (κ2) is 6.56. The fourth-order valence-corrected chi connectivity index (χ4v) is 3.79. The number of amides is 1. The van der Waals surface area contributed by atoms with E-state index in [2.05, 4.69) is 26.8 Å². The van der Waals surface area contributed by atoms with Crippen LogP contribution in [0, 0.1) is 17.2 Å². The largest absolute Gasteiger partial charge is 0.342 e. The van der Waals surface area contributed by atoms with E-state index in [1.54, 1.807) is 28.7 Å². The maximum Gasteiger partial charge on any atom is 0.272 e. The molecule has 1 N–H and O–H groups in total. The molecule has 1 unspecified atom stereocenters. The van der Waals surface area contributed by atoms with Crippen LogP contribution in [0.5, 0.6) is 0 Å². The second-order valence-electron chi connectivity index (χ2n) is 7.46. The molecule has 8 heteroatoms. The van der Waals surface area contributed by atoms with E-state index in [4.69, 9.17) is 0 Å². The smallest absolute Gasteiger partial charge is 0.272 e. The second-order valence-corrected chi connectivity index (χ2v) is 7.46. The number of carbonyl (C=O) groups is 1. The van der Waals surface area contributed by atoms with Crippen LogP contribution in [-0.2, 0) is 12.6 Å². The van der Waals surface area contributed by atoms with Gasteiger partial charge in [-0.05, 0) is 37.7 Å². The van der Waals surface area contributed by atoms with Gasteiger partial charge in [-0.3, -0.25) is 9.48 Å². The van der Waals surface area contributed by atoms with Crippen LogP contribution in [0.25, 0.3) is 0 Å². The Morgan fingerprint density at radius 2 is 2.15 bits per heavy atom. The number of carbonyl (C=O) groups excluding carboxylic acids is 1. The fourth-order valence-electron chi connectivity index (χ4n) is 3.79. The van der Waals surface area contributed by atoms with Gasteiger partial charge in [0.1, 0.15) is 11.4 Å². The molecule has 2 heterocycles. The average Bonchev–Trinajstić information content (AvgIpc) is 3.09. The monoisotopic (exact) mass is 353 g/mol. The van der Waals surface area contributed by atoms with E-state index in [1.165, 1.54) is 6.42 Å². The molecule has 0 saturated heterocycles. The molecule has 2 saturated carbocycles. The third kappa shape index (κ3) is 3.09. The average molecular weight is 353 g/mol. The molecule has 0 spiro atoms. The number of nitriles is 1. The third-order valence-corrected chi connectivity index (χ3v) is 5.55. The molecule has 1 amide bonds. The quantitative estimate of drug-likeness (QED) is 0.887. The minimum absolute atomic E-state index is 0.197. The summed E-state index contributed by atoms with van der Waals surface area (Å²) in [6, 6.07) is 3.84. The molecule has 4 rings (SSSR count). The molecule has 26 heavy (non-hydrogen) atoms. The Labute approximate surface area is 152 Å². The van der Waals surface area contributed by atoms with Crippen LogP contribution in [0.3, 0.4) is 0 Å². The number of rotatable bonds is 5. The molecule has 0 aromatic carbocycles. The van der Waals surface area contributed by atoms with Crippen LogP contribution in [-0.4, -0.2) is 30.7 Å². The molecule has 2 aliphatic rings. The Morgan fingerprint density at radius 3 is 2.77 bits per heavy atom. The predicted molar refractivity (Wildman–Crippen MR) is 92.8 cm³/mol. The molecule has 0 aliphatic heterocycles. The first-order valence-electron chi connectivity index (χ1n) is 9.26. The topological polar surface area (TPSA) is 101 Å². The SMILES string of the molecule is Cn1ccc(C(=O)NC(c2cn(C3(C#N)CC3)nn2)C2CCCCC2)n1. The molecule has 2 aromatic heterocycles. The van der Waals surface area contributed by atoms with Crippen molar-refractivity contribution in [2.75, 3.05) is 0 Å². The summed E-state index contributed by atoms with van der Waals surface area (Å²) in [6.07, 6.45) is 10.9. The highest BCUT2D eigenvalue weighted by Crippen LogP contribution is 2.42. The van der Waals surface area contributed by atoms with Crippen LogP contribution >= 0.6 is 0 Å². The van der Waals surface area contributed by atoms with E-state index in [9.17, 15) is 10.1 Å². The highest BCUT2D eigenvalue weighted by Gasteiger charge is 2.47. The fraction of sp³-hybridized carbons (Fsp3) is 0.611. The maximum atomic E-state index is 12.7. The molecular weight excluding hydrogens is 330 g/mol. The van der Waals surface area contributed by atoms with Crippen molar-refractivity contribution in [1.82, 2.24) is 30.1 Å². The van der Waals surface area contributed by atoms with Crippen molar-refractivity contribution in [3.05, 3.63) is 29.8 Å². The van der Waals surface area contributed by atoms with Gasteiger partial charge in [0.05, 0.1) is 18.3 Å². The number of aryl methyl sites for hydroxylation is 1. The van der Waals surface area contributed by atoms with Crippen molar-refractivity contribution < 1.29 is 4.79 Å². The van der Waals surface area contributed by atoms with Crippen molar-refractivity contribution >= 4 is 5.91 Å². The lowest BCUT2D eigenvalue weighted by molar-refractivity contribution is 0.0905. The van der Waals surface area contributed by atoms with Crippen LogP contribution < -0.4 is 5.32 Å². The summed E-state index contributed by atoms with van der Waals surface area (Å²) in [5.74, 6) is 0.135. The van der Waals surface area contributed by atoms with Crippen LogP contribution in [0.15, 0.2) is 18.5 Å². The van der Waals surface area contributed by atoms with Gasteiger partial charge in [0.25, 0.3) is 5.91 Å². The summed E-state index contributed by atoms with van der Waals surface area (Å²) in [5, 5.41) is 25.2. The standard InChI is InChI=1S/C18H23N7O/c1-24-10-7-14(22-24)17(26)20-16(13-5-3-2-4-6-13)15-11-25(23-21-15)18(12-19)8-9-18/h7,10-11,13,16H,2-6,8-9H2,1H3,(H,20,26). The molecule has 8 nitrogen and oxygen atoms in total. The van der Waals surface area contributed by atoms with E-state index in [0.29, 0.717) is 11.6 Å². The summed E-state index contributed by atoms with van der Waals surface area (Å²) in [5.41, 5.74) is 0.604. The van der Waals surface area contributed by atoms with Gasteiger partial charge in [0.15, 0.2) is 5.54 Å². The lowest BCUT2D eigenvalue weighted by Crippen LogP contribution is -2.35. The summed E-state index contributed by atoms with van der Waals surface area (Å²) in [4.78, 5) is 12.7. The first-order valence-corrected chi connectivity index (χ1v) is 9.26. The number of aromatic nitrogens is 5. The van der Waals surface area contributed by atoms with E-state index < -0.39 is 5.54 Å². The zero-order valence-electron chi connectivity index (χ0n) is 14.9. The summed E-state index contributed by atoms with van der Waals surface area (Å²) in [6.45, 7) is 0. The molecule has 0 bridgehead atoms. The van der Waals surface area contributed by atoms with E-state index >= 15 is 0 Å². The third-order valence-electron chi connectivity index (χ3n) is 5.55. The van der Waals surface area contributed by atoms with Gasteiger partial charge in [-0.2, -0.15) is 10.4 Å². The molecule has 2 aliphatic carbocycles.